The summed E-state index contributed by atoms with van der Waals surface area (Å²) in [6.45, 7) is 8.89. The van der Waals surface area contributed by atoms with Gasteiger partial charge in [-0.3, -0.25) is 19.4 Å². The van der Waals surface area contributed by atoms with Crippen molar-refractivity contribution < 1.29 is 9.59 Å². The van der Waals surface area contributed by atoms with Crippen LogP contribution in [0.3, 0.4) is 0 Å². The first-order valence-electron chi connectivity index (χ1n) is 17.4. The fraction of sp³-hybridized carbons (Fsp3) is 0.233. The van der Waals surface area contributed by atoms with Crippen molar-refractivity contribution in [1.82, 2.24) is 18.9 Å². The number of hydrogen-bond donors (Lipinski definition) is 0. The zero-order chi connectivity index (χ0) is 35.0. The second-order valence-electron chi connectivity index (χ2n) is 13.5. The lowest BCUT2D eigenvalue weighted by Crippen LogP contribution is -2.56. The topological polar surface area (TPSA) is 50.5 Å². The molecule has 0 unspecified atom stereocenters. The number of amides is 2. The van der Waals surface area contributed by atoms with Crippen molar-refractivity contribution in [3.8, 4) is 0 Å². The fourth-order valence-electron chi connectivity index (χ4n) is 8.27. The molecule has 6 aromatic rings. The molecule has 4 aromatic carbocycles. The third-order valence-electron chi connectivity index (χ3n) is 10.9. The van der Waals surface area contributed by atoms with Gasteiger partial charge in [-0.25, -0.2) is 0 Å². The predicted molar refractivity (Wildman–Crippen MR) is 209 cm³/mol. The fourth-order valence-corrected chi connectivity index (χ4v) is 8.69. The summed E-state index contributed by atoms with van der Waals surface area (Å²) >= 11 is 5.64. The van der Waals surface area contributed by atoms with Crippen molar-refractivity contribution in [1.29, 1.82) is 0 Å². The number of carbonyl (C=O) groups is 2. The molecule has 0 spiro atoms. The highest BCUT2D eigenvalue weighted by Crippen LogP contribution is 2.40. The number of aromatic nitrogens is 2. The third-order valence-corrected chi connectivity index (χ3v) is 11.4. The van der Waals surface area contributed by atoms with E-state index in [1.807, 2.05) is 13.8 Å². The van der Waals surface area contributed by atoms with Gasteiger partial charge in [-0.05, 0) is 116 Å². The van der Waals surface area contributed by atoms with E-state index in [-0.39, 0.29) is 22.5 Å². The number of carbonyl (C=O) groups excluding carboxylic acids is 2. The molecule has 2 aliphatic rings. The molecule has 3 heterocycles. The van der Waals surface area contributed by atoms with Gasteiger partial charge in [0, 0.05) is 70.5 Å². The van der Waals surface area contributed by atoms with Crippen LogP contribution in [-0.2, 0) is 23.7 Å². The molecule has 0 radical (unpaired) electrons. The standard InChI is InChI=1S/C43H40N4O2S/c1-7-46-41(48)40(42(49)47(8-2)43(46)50)37-27(19-23-33-31-13-9-11-29-25(3)15-21-35(38(29)31)44(33)5)17-18-28(37)20-24-34-32-14-10-12-30-26(4)16-22-36(39(30)32)45(34)6/h9-16,19-24H,7-8,17-18H2,1-6H3/b27-19+,28-20+,33-23+,34-24+. The van der Waals surface area contributed by atoms with Crippen molar-refractivity contribution in [2.24, 2.45) is 14.1 Å². The second-order valence-corrected chi connectivity index (χ2v) is 13.9. The molecule has 2 fully saturated rings. The van der Waals surface area contributed by atoms with Gasteiger partial charge in [0.05, 0.1) is 0 Å². The number of nitrogens with zero attached hydrogens (tertiary/aromatic N) is 4. The molecule has 250 valence electrons. The number of likely N-dealkylation sites (N-methyl/N-ethyl adjacent to an activating group) is 2. The molecule has 0 N–H and O–H groups in total. The summed E-state index contributed by atoms with van der Waals surface area (Å²) in [4.78, 5) is 31.5. The summed E-state index contributed by atoms with van der Waals surface area (Å²) in [6, 6.07) is 21.7. The smallest absolute Gasteiger partial charge is 0.266 e. The van der Waals surface area contributed by atoms with Crippen LogP contribution in [-0.4, -0.2) is 49.0 Å². The molecule has 2 aromatic heterocycles. The SMILES string of the molecule is CCN1C(=O)C(=C2/C(=C/C=c3\c4cccc5c(C)ccc(c54)n3C)CC/C2=C\C=c2/c3cccc4c(C)ccc(c43)n2C)C(=O)N(CC)C1=S. The van der Waals surface area contributed by atoms with E-state index in [0.29, 0.717) is 25.9 Å². The van der Waals surface area contributed by atoms with Crippen molar-refractivity contribution in [2.75, 3.05) is 13.1 Å². The quantitative estimate of drug-likeness (QED) is 0.113. The van der Waals surface area contributed by atoms with Gasteiger partial charge in [-0.2, -0.15) is 0 Å². The van der Waals surface area contributed by atoms with E-state index in [0.717, 1.165) is 27.4 Å². The normalized spacial score (nSPS) is 18.5. The Kier molecular flexibility index (Phi) is 7.64. The Morgan fingerprint density at radius 3 is 1.44 bits per heavy atom. The molecule has 1 aliphatic heterocycles. The highest BCUT2D eigenvalue weighted by atomic mass is 32.1. The molecule has 1 saturated heterocycles. The lowest BCUT2D eigenvalue weighted by atomic mass is 9.95. The minimum Gasteiger partial charge on any atom is -0.344 e. The number of rotatable bonds is 4. The average molecular weight is 677 g/mol. The van der Waals surface area contributed by atoms with Gasteiger partial charge in [0.15, 0.2) is 5.11 Å². The molecule has 1 aliphatic carbocycles. The van der Waals surface area contributed by atoms with Gasteiger partial charge in [0.25, 0.3) is 11.8 Å². The molecule has 6 nitrogen and oxygen atoms in total. The monoisotopic (exact) mass is 676 g/mol. The summed E-state index contributed by atoms with van der Waals surface area (Å²) in [5.74, 6) is -0.644. The Balaban J connectivity index is 1.37. The van der Waals surface area contributed by atoms with Crippen LogP contribution in [0.15, 0.2) is 95.1 Å². The molecule has 8 rings (SSSR count). The first-order valence-corrected chi connectivity index (χ1v) is 17.8. The van der Waals surface area contributed by atoms with E-state index in [2.05, 4.69) is 122 Å². The van der Waals surface area contributed by atoms with Crippen LogP contribution in [0, 0.1) is 13.8 Å². The minimum absolute atomic E-state index is 0.204. The van der Waals surface area contributed by atoms with Gasteiger partial charge in [-0.15, -0.1) is 0 Å². The lowest BCUT2D eigenvalue weighted by molar-refractivity contribution is -0.133. The summed E-state index contributed by atoms with van der Waals surface area (Å²) in [5.41, 5.74) is 7.75. The van der Waals surface area contributed by atoms with Crippen molar-refractivity contribution in [3.05, 3.63) is 117 Å². The maximum absolute atomic E-state index is 14.2. The second kappa shape index (κ2) is 12.0. The molecular weight excluding hydrogens is 637 g/mol. The first kappa shape index (κ1) is 32.0. The molecule has 1 saturated carbocycles. The third kappa shape index (κ3) is 4.56. The van der Waals surface area contributed by atoms with E-state index in [9.17, 15) is 9.59 Å². The van der Waals surface area contributed by atoms with Gasteiger partial charge in [-0.1, -0.05) is 60.7 Å². The first-order chi connectivity index (χ1) is 24.2. The Morgan fingerprint density at radius 2 is 1.02 bits per heavy atom. The summed E-state index contributed by atoms with van der Waals surface area (Å²) in [5, 5.41) is 9.85. The summed E-state index contributed by atoms with van der Waals surface area (Å²) in [7, 11) is 4.21. The van der Waals surface area contributed by atoms with Crippen LogP contribution >= 0.6 is 12.2 Å². The van der Waals surface area contributed by atoms with Crippen molar-refractivity contribution >= 4 is 84.6 Å². The van der Waals surface area contributed by atoms with Crippen LogP contribution in [0.4, 0.5) is 0 Å². The van der Waals surface area contributed by atoms with Crippen LogP contribution in [0.2, 0.25) is 0 Å². The Morgan fingerprint density at radius 1 is 0.600 bits per heavy atom. The number of hydrogen-bond acceptors (Lipinski definition) is 3. The molecule has 0 atom stereocenters. The van der Waals surface area contributed by atoms with Crippen molar-refractivity contribution in [2.45, 2.75) is 40.5 Å². The van der Waals surface area contributed by atoms with Crippen LogP contribution in [0.5, 0.6) is 0 Å². The van der Waals surface area contributed by atoms with E-state index in [1.165, 1.54) is 54.5 Å². The van der Waals surface area contributed by atoms with Crippen LogP contribution < -0.4 is 10.7 Å². The maximum atomic E-state index is 14.2. The van der Waals surface area contributed by atoms with E-state index < -0.39 is 0 Å². The van der Waals surface area contributed by atoms with E-state index in [1.54, 1.807) is 9.80 Å². The van der Waals surface area contributed by atoms with Crippen LogP contribution in [0.25, 0.3) is 55.5 Å². The van der Waals surface area contributed by atoms with Gasteiger partial charge in [0.2, 0.25) is 0 Å². The minimum atomic E-state index is -0.322. The molecule has 2 amide bonds. The van der Waals surface area contributed by atoms with Crippen LogP contribution in [0.1, 0.15) is 37.8 Å². The van der Waals surface area contributed by atoms with Gasteiger partial charge < -0.3 is 9.13 Å². The van der Waals surface area contributed by atoms with Crippen molar-refractivity contribution in [3.63, 3.8) is 0 Å². The van der Waals surface area contributed by atoms with Gasteiger partial charge >= 0.3 is 0 Å². The summed E-state index contributed by atoms with van der Waals surface area (Å²) < 4.78 is 4.47. The highest BCUT2D eigenvalue weighted by Gasteiger charge is 2.42. The Hall–Kier alpha value is -5.27. The zero-order valence-electron chi connectivity index (χ0n) is 29.4. The lowest BCUT2D eigenvalue weighted by Gasteiger charge is -2.36. The number of allylic oxidation sites excluding steroid dienone is 5. The number of benzene rings is 4. The highest BCUT2D eigenvalue weighted by molar-refractivity contribution is 7.80. The zero-order valence-corrected chi connectivity index (χ0v) is 30.2. The Bertz CT molecular complexity index is 2500. The predicted octanol–water partition coefficient (Wildman–Crippen LogP) is 7.23. The van der Waals surface area contributed by atoms with Gasteiger partial charge in [0.1, 0.15) is 5.57 Å². The molecular formula is C43H40N4O2S. The average Bonchev–Trinajstić information content (AvgIpc) is 3.72. The van der Waals surface area contributed by atoms with E-state index in [4.69, 9.17) is 12.2 Å². The molecule has 0 bridgehead atoms. The molecule has 7 heteroatoms. The Labute approximate surface area is 296 Å². The summed E-state index contributed by atoms with van der Waals surface area (Å²) in [6.07, 6.45) is 9.99. The van der Waals surface area contributed by atoms with E-state index >= 15 is 0 Å². The maximum Gasteiger partial charge on any atom is 0.266 e. The largest absolute Gasteiger partial charge is 0.344 e. The number of thiocarbonyl (C=S) groups is 1. The molecule has 50 heavy (non-hydrogen) atoms. The number of aryl methyl sites for hydroxylation is 4.